The normalized spacial score (nSPS) is 14.3. The van der Waals surface area contributed by atoms with Gasteiger partial charge in [0.15, 0.2) is 18.1 Å². The summed E-state index contributed by atoms with van der Waals surface area (Å²) in [5.74, 6) is -1.45. The number of aryl methyl sites for hydroxylation is 2. The Kier molecular flexibility index (Phi) is 8.91. The van der Waals surface area contributed by atoms with E-state index < -0.39 is 17.8 Å². The summed E-state index contributed by atoms with van der Waals surface area (Å²) in [5.41, 5.74) is 2.69. The van der Waals surface area contributed by atoms with Crippen LogP contribution >= 0.6 is 27.5 Å². The lowest BCUT2D eigenvalue weighted by molar-refractivity contribution is -0.122. The molecule has 1 saturated heterocycles. The van der Waals surface area contributed by atoms with Crippen molar-refractivity contribution in [3.8, 4) is 11.5 Å². The first-order valence-corrected chi connectivity index (χ1v) is 13.4. The second-order valence-corrected chi connectivity index (χ2v) is 10.1. The zero-order chi connectivity index (χ0) is 29.0. The minimum atomic E-state index is -0.874. The molecule has 0 aliphatic carbocycles. The van der Waals surface area contributed by atoms with Crippen LogP contribution in [0.5, 0.6) is 11.5 Å². The number of imide groups is 2. The van der Waals surface area contributed by atoms with Gasteiger partial charge in [-0.2, -0.15) is 0 Å². The number of carbonyl (C=O) groups is 4. The Morgan fingerprint density at radius 1 is 1.07 bits per heavy atom. The number of ether oxygens (including phenoxy) is 2. The van der Waals surface area contributed by atoms with Crippen molar-refractivity contribution in [2.24, 2.45) is 0 Å². The molecule has 1 aliphatic rings. The minimum absolute atomic E-state index is 0.261. The summed E-state index contributed by atoms with van der Waals surface area (Å²) >= 11 is 9.52. The largest absolute Gasteiger partial charge is 0.490 e. The second-order valence-electron chi connectivity index (χ2n) is 8.86. The Hall–Kier alpha value is -4.15. The highest BCUT2D eigenvalue weighted by atomic mass is 79.9. The fourth-order valence-electron chi connectivity index (χ4n) is 4.00. The second kappa shape index (κ2) is 12.4. The molecule has 3 aromatic rings. The first-order chi connectivity index (χ1) is 19.1. The third-order valence-corrected chi connectivity index (χ3v) is 6.63. The number of urea groups is 1. The average Bonchev–Trinajstić information content (AvgIpc) is 2.88. The number of nitrogens with zero attached hydrogens (tertiary/aromatic N) is 1. The SMILES string of the molecule is CCOc1cc(/C=C2\C(=O)NC(=O)N(c3cc(Cl)ccc3C)C2=O)cc(Br)c1OCC(=O)Nc1cccc(C)c1. The van der Waals surface area contributed by atoms with Gasteiger partial charge in [-0.15, -0.1) is 0 Å². The minimum Gasteiger partial charge on any atom is -0.490 e. The average molecular weight is 627 g/mol. The van der Waals surface area contributed by atoms with Crippen molar-refractivity contribution in [2.75, 3.05) is 23.4 Å². The number of rotatable bonds is 8. The molecule has 1 fully saturated rings. The van der Waals surface area contributed by atoms with Gasteiger partial charge < -0.3 is 14.8 Å². The third-order valence-electron chi connectivity index (χ3n) is 5.81. The molecule has 0 aromatic heterocycles. The number of nitrogens with one attached hydrogen (secondary N) is 2. The van der Waals surface area contributed by atoms with E-state index >= 15 is 0 Å². The highest BCUT2D eigenvalue weighted by Gasteiger charge is 2.37. The van der Waals surface area contributed by atoms with Gasteiger partial charge >= 0.3 is 6.03 Å². The number of hydrogen-bond acceptors (Lipinski definition) is 6. The molecule has 0 unspecified atom stereocenters. The van der Waals surface area contributed by atoms with Crippen molar-refractivity contribution < 1.29 is 28.7 Å². The molecule has 206 valence electrons. The number of carbonyl (C=O) groups excluding carboxylic acids is 4. The maximum Gasteiger partial charge on any atom is 0.335 e. The predicted molar refractivity (Wildman–Crippen MR) is 156 cm³/mol. The lowest BCUT2D eigenvalue weighted by atomic mass is 10.1. The van der Waals surface area contributed by atoms with Crippen LogP contribution in [0.4, 0.5) is 16.2 Å². The van der Waals surface area contributed by atoms with Crippen molar-refractivity contribution >= 4 is 68.7 Å². The number of anilines is 2. The fourth-order valence-corrected chi connectivity index (χ4v) is 4.74. The first-order valence-electron chi connectivity index (χ1n) is 12.2. The highest BCUT2D eigenvalue weighted by Crippen LogP contribution is 2.38. The zero-order valence-electron chi connectivity index (χ0n) is 21.8. The molecule has 0 bridgehead atoms. The van der Waals surface area contributed by atoms with E-state index in [1.165, 1.54) is 12.1 Å². The molecule has 40 heavy (non-hydrogen) atoms. The monoisotopic (exact) mass is 625 g/mol. The van der Waals surface area contributed by atoms with Gasteiger partial charge in [0.2, 0.25) is 0 Å². The van der Waals surface area contributed by atoms with Gasteiger partial charge in [0.05, 0.1) is 16.8 Å². The topological polar surface area (TPSA) is 114 Å². The maximum absolute atomic E-state index is 13.3. The molecular weight excluding hydrogens is 602 g/mol. The summed E-state index contributed by atoms with van der Waals surface area (Å²) in [6.45, 7) is 5.42. The quantitative estimate of drug-likeness (QED) is 0.241. The van der Waals surface area contributed by atoms with E-state index in [1.807, 2.05) is 25.1 Å². The first kappa shape index (κ1) is 28.8. The van der Waals surface area contributed by atoms with Crippen molar-refractivity contribution in [2.45, 2.75) is 20.8 Å². The van der Waals surface area contributed by atoms with Gasteiger partial charge in [-0.1, -0.05) is 29.8 Å². The van der Waals surface area contributed by atoms with Crippen LogP contribution in [0.15, 0.2) is 64.6 Å². The number of benzene rings is 3. The summed E-state index contributed by atoms with van der Waals surface area (Å²) in [7, 11) is 0. The van der Waals surface area contributed by atoms with E-state index in [0.717, 1.165) is 10.5 Å². The summed E-state index contributed by atoms with van der Waals surface area (Å²) in [5, 5.41) is 5.31. The highest BCUT2D eigenvalue weighted by molar-refractivity contribution is 9.10. The molecule has 0 atom stereocenters. The molecule has 3 aromatic carbocycles. The van der Waals surface area contributed by atoms with E-state index in [2.05, 4.69) is 26.6 Å². The van der Waals surface area contributed by atoms with Crippen LogP contribution in [0.25, 0.3) is 6.08 Å². The van der Waals surface area contributed by atoms with Gasteiger partial charge in [-0.25, -0.2) is 9.69 Å². The Morgan fingerprint density at radius 3 is 2.58 bits per heavy atom. The molecule has 1 aliphatic heterocycles. The summed E-state index contributed by atoms with van der Waals surface area (Å²) in [4.78, 5) is 52.0. The molecule has 9 nitrogen and oxygen atoms in total. The van der Waals surface area contributed by atoms with Crippen molar-refractivity contribution in [3.05, 3.63) is 86.4 Å². The van der Waals surface area contributed by atoms with Crippen LogP contribution in [-0.2, 0) is 14.4 Å². The van der Waals surface area contributed by atoms with Crippen molar-refractivity contribution in [3.63, 3.8) is 0 Å². The molecule has 0 saturated carbocycles. The molecule has 2 N–H and O–H groups in total. The van der Waals surface area contributed by atoms with Crippen LogP contribution in [0, 0.1) is 13.8 Å². The van der Waals surface area contributed by atoms with Gasteiger partial charge in [0.1, 0.15) is 5.57 Å². The van der Waals surface area contributed by atoms with Crippen molar-refractivity contribution in [1.82, 2.24) is 5.32 Å². The number of hydrogen-bond donors (Lipinski definition) is 2. The van der Waals surface area contributed by atoms with Gasteiger partial charge in [0, 0.05) is 10.7 Å². The molecular formula is C29H25BrClN3O6. The Labute approximate surface area is 244 Å². The smallest absolute Gasteiger partial charge is 0.335 e. The summed E-state index contributed by atoms with van der Waals surface area (Å²) < 4.78 is 11.9. The van der Waals surface area contributed by atoms with Crippen LogP contribution in [0.2, 0.25) is 5.02 Å². The fraction of sp³-hybridized carbons (Fsp3) is 0.172. The Bertz CT molecular complexity index is 1550. The van der Waals surface area contributed by atoms with E-state index in [-0.39, 0.29) is 41.9 Å². The summed E-state index contributed by atoms with van der Waals surface area (Å²) in [6, 6.07) is 14.5. The number of amides is 5. The zero-order valence-corrected chi connectivity index (χ0v) is 24.2. The molecule has 4 rings (SSSR count). The standard InChI is InChI=1S/C29H25BrClN3O6/c1-4-39-24-13-18(12-22(30)26(24)40-15-25(35)32-20-7-5-6-16(2)10-20)11-21-27(36)33-29(38)34(28(21)37)23-14-19(31)9-8-17(23)3/h5-14H,4,15H2,1-3H3,(H,32,35)(H,33,36,38)/b21-11+. The lowest BCUT2D eigenvalue weighted by Gasteiger charge is -2.27. The summed E-state index contributed by atoms with van der Waals surface area (Å²) in [6.07, 6.45) is 1.35. The predicted octanol–water partition coefficient (Wildman–Crippen LogP) is 5.80. The van der Waals surface area contributed by atoms with Crippen LogP contribution in [-0.4, -0.2) is 37.0 Å². The van der Waals surface area contributed by atoms with E-state index in [4.69, 9.17) is 21.1 Å². The van der Waals surface area contributed by atoms with E-state index in [0.29, 0.717) is 26.3 Å². The van der Waals surface area contributed by atoms with E-state index in [1.54, 1.807) is 44.2 Å². The molecule has 0 spiro atoms. The molecule has 0 radical (unpaired) electrons. The van der Waals surface area contributed by atoms with Gasteiger partial charge in [0.25, 0.3) is 17.7 Å². The van der Waals surface area contributed by atoms with Gasteiger partial charge in [-0.3, -0.25) is 19.7 Å². The van der Waals surface area contributed by atoms with Crippen molar-refractivity contribution in [1.29, 1.82) is 0 Å². The van der Waals surface area contributed by atoms with Crippen LogP contribution < -0.4 is 25.0 Å². The van der Waals surface area contributed by atoms with Gasteiger partial charge in [-0.05, 0) is 95.9 Å². The molecule has 11 heteroatoms. The van der Waals surface area contributed by atoms with E-state index in [9.17, 15) is 19.2 Å². The van der Waals surface area contributed by atoms with Crippen LogP contribution in [0.1, 0.15) is 23.6 Å². The Balaban J connectivity index is 1.60. The maximum atomic E-state index is 13.3. The Morgan fingerprint density at radius 2 is 1.85 bits per heavy atom. The number of barbiturate groups is 1. The molecule has 1 heterocycles. The third kappa shape index (κ3) is 6.52. The lowest BCUT2D eigenvalue weighted by Crippen LogP contribution is -2.54. The number of halogens is 2. The van der Waals surface area contributed by atoms with Crippen LogP contribution in [0.3, 0.4) is 0 Å². The molecule has 5 amide bonds.